The van der Waals surface area contributed by atoms with Crippen molar-refractivity contribution in [3.05, 3.63) is 28.2 Å². The number of anilines is 1. The molecule has 0 aromatic heterocycles. The van der Waals surface area contributed by atoms with Crippen LogP contribution in [0.1, 0.15) is 25.3 Å². The molecule has 1 rings (SSSR count). The molecule has 0 aliphatic heterocycles. The molecule has 1 N–H and O–H groups in total. The summed E-state index contributed by atoms with van der Waals surface area (Å²) < 4.78 is 6.63. The second-order valence-electron chi connectivity index (χ2n) is 3.81. The summed E-state index contributed by atoms with van der Waals surface area (Å²) in [6, 6.07) is 6.18. The van der Waals surface area contributed by atoms with Gasteiger partial charge in [0.05, 0.1) is 6.61 Å². The summed E-state index contributed by atoms with van der Waals surface area (Å²) in [7, 11) is 0. The van der Waals surface area contributed by atoms with Gasteiger partial charge in [0.25, 0.3) is 0 Å². The first kappa shape index (κ1) is 13.5. The lowest BCUT2D eigenvalue weighted by atomic mass is 10.2. The van der Waals surface area contributed by atoms with Gasteiger partial charge in [0, 0.05) is 23.3 Å². The first-order valence-corrected chi connectivity index (χ1v) is 6.61. The summed E-state index contributed by atoms with van der Waals surface area (Å²) in [6.07, 6.45) is 2.34. The summed E-state index contributed by atoms with van der Waals surface area (Å²) in [5.74, 6) is 0. The van der Waals surface area contributed by atoms with Crippen LogP contribution in [-0.2, 0) is 4.74 Å². The predicted molar refractivity (Wildman–Crippen MR) is 73.1 cm³/mol. The second kappa shape index (κ2) is 7.69. The molecule has 0 spiro atoms. The Morgan fingerprint density at radius 3 is 2.88 bits per heavy atom. The standard InChI is InChI=1S/C13H20BrNO/c1-3-4-9-16-10-8-15-13-7-5-6-12(14)11(13)2/h5-7,15H,3-4,8-10H2,1-2H3. The molecule has 0 bridgehead atoms. The van der Waals surface area contributed by atoms with Gasteiger partial charge in [-0.1, -0.05) is 35.3 Å². The van der Waals surface area contributed by atoms with Gasteiger partial charge in [-0.25, -0.2) is 0 Å². The fourth-order valence-corrected chi connectivity index (χ4v) is 1.77. The van der Waals surface area contributed by atoms with Gasteiger partial charge in [0.1, 0.15) is 0 Å². The molecule has 0 amide bonds. The van der Waals surface area contributed by atoms with Crippen molar-refractivity contribution in [3.63, 3.8) is 0 Å². The van der Waals surface area contributed by atoms with Gasteiger partial charge in [-0.15, -0.1) is 0 Å². The Hall–Kier alpha value is -0.540. The molecular formula is C13H20BrNO. The Morgan fingerprint density at radius 2 is 2.12 bits per heavy atom. The molecule has 3 heteroatoms. The van der Waals surface area contributed by atoms with Crippen molar-refractivity contribution >= 4 is 21.6 Å². The zero-order chi connectivity index (χ0) is 11.8. The van der Waals surface area contributed by atoms with E-state index in [1.54, 1.807) is 0 Å². The number of benzene rings is 1. The minimum atomic E-state index is 0.770. The molecule has 0 radical (unpaired) electrons. The molecule has 0 heterocycles. The number of nitrogens with one attached hydrogen (secondary N) is 1. The summed E-state index contributed by atoms with van der Waals surface area (Å²) >= 11 is 3.52. The van der Waals surface area contributed by atoms with E-state index >= 15 is 0 Å². The van der Waals surface area contributed by atoms with Gasteiger partial charge in [0.15, 0.2) is 0 Å². The fourth-order valence-electron chi connectivity index (χ4n) is 1.41. The topological polar surface area (TPSA) is 21.3 Å². The molecule has 0 atom stereocenters. The normalized spacial score (nSPS) is 10.4. The van der Waals surface area contributed by atoms with Crippen LogP contribution in [0.5, 0.6) is 0 Å². The van der Waals surface area contributed by atoms with Gasteiger partial charge < -0.3 is 10.1 Å². The lowest BCUT2D eigenvalue weighted by molar-refractivity contribution is 0.141. The van der Waals surface area contributed by atoms with Crippen molar-refractivity contribution in [3.8, 4) is 0 Å². The minimum Gasteiger partial charge on any atom is -0.382 e. The molecule has 90 valence electrons. The minimum absolute atomic E-state index is 0.770. The maximum Gasteiger partial charge on any atom is 0.0639 e. The average molecular weight is 286 g/mol. The number of hydrogen-bond donors (Lipinski definition) is 1. The van der Waals surface area contributed by atoms with Crippen molar-refractivity contribution in [1.29, 1.82) is 0 Å². The molecule has 0 fully saturated rings. The summed E-state index contributed by atoms with van der Waals surface area (Å²) in [5, 5.41) is 3.38. The van der Waals surface area contributed by atoms with Gasteiger partial charge in [-0.3, -0.25) is 0 Å². The van der Waals surface area contributed by atoms with Crippen LogP contribution in [0, 0.1) is 6.92 Å². The fraction of sp³-hybridized carbons (Fsp3) is 0.538. The number of rotatable bonds is 7. The van der Waals surface area contributed by atoms with Crippen LogP contribution >= 0.6 is 15.9 Å². The molecule has 0 aliphatic rings. The van der Waals surface area contributed by atoms with E-state index in [1.165, 1.54) is 17.7 Å². The summed E-state index contributed by atoms with van der Waals surface area (Å²) in [5.41, 5.74) is 2.42. The number of unbranched alkanes of at least 4 members (excludes halogenated alkanes) is 1. The number of ether oxygens (including phenoxy) is 1. The maximum atomic E-state index is 5.49. The van der Waals surface area contributed by atoms with Crippen LogP contribution in [0.4, 0.5) is 5.69 Å². The third kappa shape index (κ3) is 4.54. The third-order valence-corrected chi connectivity index (χ3v) is 3.33. The zero-order valence-electron chi connectivity index (χ0n) is 10.1. The van der Waals surface area contributed by atoms with E-state index < -0.39 is 0 Å². The summed E-state index contributed by atoms with van der Waals surface area (Å²) in [6.45, 7) is 6.78. The summed E-state index contributed by atoms with van der Waals surface area (Å²) in [4.78, 5) is 0. The van der Waals surface area contributed by atoms with Crippen LogP contribution in [-0.4, -0.2) is 19.8 Å². The maximum absolute atomic E-state index is 5.49. The highest BCUT2D eigenvalue weighted by atomic mass is 79.9. The molecule has 1 aromatic carbocycles. The van der Waals surface area contributed by atoms with E-state index in [0.29, 0.717) is 0 Å². The van der Waals surface area contributed by atoms with Gasteiger partial charge in [-0.2, -0.15) is 0 Å². The molecule has 0 saturated carbocycles. The molecular weight excluding hydrogens is 266 g/mol. The van der Waals surface area contributed by atoms with Gasteiger partial charge >= 0.3 is 0 Å². The molecule has 16 heavy (non-hydrogen) atoms. The van der Waals surface area contributed by atoms with Crippen LogP contribution in [0.15, 0.2) is 22.7 Å². The lowest BCUT2D eigenvalue weighted by Crippen LogP contribution is -2.10. The third-order valence-electron chi connectivity index (χ3n) is 2.47. The number of hydrogen-bond acceptors (Lipinski definition) is 2. The molecule has 0 unspecified atom stereocenters. The van der Waals surface area contributed by atoms with E-state index in [4.69, 9.17) is 4.74 Å². The highest BCUT2D eigenvalue weighted by molar-refractivity contribution is 9.10. The Labute approximate surface area is 107 Å². The Kier molecular flexibility index (Phi) is 6.50. The van der Waals surface area contributed by atoms with Crippen molar-refractivity contribution in [2.75, 3.05) is 25.1 Å². The first-order valence-electron chi connectivity index (χ1n) is 5.82. The van der Waals surface area contributed by atoms with Crippen molar-refractivity contribution in [2.24, 2.45) is 0 Å². The smallest absolute Gasteiger partial charge is 0.0639 e. The first-order chi connectivity index (χ1) is 7.75. The predicted octanol–water partition coefficient (Wildman–Crippen LogP) is 3.99. The number of halogens is 1. The molecule has 0 aliphatic carbocycles. The van der Waals surface area contributed by atoms with Crippen molar-refractivity contribution < 1.29 is 4.74 Å². The Bertz CT molecular complexity index is 315. The van der Waals surface area contributed by atoms with Gasteiger partial charge in [0.2, 0.25) is 0 Å². The SMILES string of the molecule is CCCCOCCNc1cccc(Br)c1C. The molecule has 2 nitrogen and oxygen atoms in total. The van der Waals surface area contributed by atoms with E-state index in [2.05, 4.69) is 47.2 Å². The molecule has 0 saturated heterocycles. The van der Waals surface area contributed by atoms with Crippen molar-refractivity contribution in [2.45, 2.75) is 26.7 Å². The van der Waals surface area contributed by atoms with Crippen molar-refractivity contribution in [1.82, 2.24) is 0 Å². The quantitative estimate of drug-likeness (QED) is 0.765. The second-order valence-corrected chi connectivity index (χ2v) is 4.66. The lowest BCUT2D eigenvalue weighted by Gasteiger charge is -2.10. The van der Waals surface area contributed by atoms with E-state index in [0.717, 1.165) is 30.7 Å². The van der Waals surface area contributed by atoms with Crippen LogP contribution < -0.4 is 5.32 Å². The Morgan fingerprint density at radius 1 is 1.31 bits per heavy atom. The Balaban J connectivity index is 2.24. The zero-order valence-corrected chi connectivity index (χ0v) is 11.6. The van der Waals surface area contributed by atoms with E-state index in [9.17, 15) is 0 Å². The van der Waals surface area contributed by atoms with E-state index in [1.807, 2.05) is 6.07 Å². The highest BCUT2D eigenvalue weighted by Crippen LogP contribution is 2.22. The largest absolute Gasteiger partial charge is 0.382 e. The van der Waals surface area contributed by atoms with Gasteiger partial charge in [-0.05, 0) is 31.0 Å². The van der Waals surface area contributed by atoms with Crippen LogP contribution in [0.2, 0.25) is 0 Å². The average Bonchev–Trinajstić information content (AvgIpc) is 2.29. The monoisotopic (exact) mass is 285 g/mol. The van der Waals surface area contributed by atoms with Crippen LogP contribution in [0.25, 0.3) is 0 Å². The highest BCUT2D eigenvalue weighted by Gasteiger charge is 1.99. The van der Waals surface area contributed by atoms with Crippen LogP contribution in [0.3, 0.4) is 0 Å². The van der Waals surface area contributed by atoms with E-state index in [-0.39, 0.29) is 0 Å². The molecule has 1 aromatic rings.